The average Bonchev–Trinajstić information content (AvgIpc) is 2.89. The van der Waals surface area contributed by atoms with Gasteiger partial charge in [0.15, 0.2) is 0 Å². The maximum absolute atomic E-state index is 13.8. The highest BCUT2D eigenvalue weighted by molar-refractivity contribution is 6.12. The second-order valence-corrected chi connectivity index (χ2v) is 8.80. The summed E-state index contributed by atoms with van der Waals surface area (Å²) < 4.78 is 10.8. The minimum absolute atomic E-state index is 0.321. The van der Waals surface area contributed by atoms with Crippen molar-refractivity contribution < 1.29 is 19.1 Å². The standard InChI is InChI=1S/C30H31N3O4/c1-18-12-6-7-13-21(18)28-26(29(34)32-22-14-8-10-16-24(22)36-4)19(2)31-20(3)27(28)30(35)33-23-15-9-11-17-25(23)37-5/h6-17,28,31H,1-5H3,(H,32,34)(H,33,35). The molecule has 0 unspecified atom stereocenters. The lowest BCUT2D eigenvalue weighted by molar-refractivity contribution is -0.113. The number of hydrogen-bond donors (Lipinski definition) is 3. The van der Waals surface area contributed by atoms with E-state index in [1.165, 1.54) is 0 Å². The number of allylic oxidation sites excluding steroid dienone is 2. The number of para-hydroxylation sites is 4. The molecule has 0 radical (unpaired) electrons. The zero-order valence-electron chi connectivity index (χ0n) is 21.6. The molecule has 0 aliphatic carbocycles. The maximum atomic E-state index is 13.8. The van der Waals surface area contributed by atoms with Crippen LogP contribution in [-0.4, -0.2) is 26.0 Å². The van der Waals surface area contributed by atoms with Crippen LogP contribution in [-0.2, 0) is 9.59 Å². The number of methoxy groups -OCH3 is 2. The van der Waals surface area contributed by atoms with Gasteiger partial charge in [-0.1, -0.05) is 48.5 Å². The Morgan fingerprint density at radius 1 is 0.676 bits per heavy atom. The third-order valence-corrected chi connectivity index (χ3v) is 6.46. The van der Waals surface area contributed by atoms with Gasteiger partial charge in [-0.05, 0) is 56.2 Å². The Morgan fingerprint density at radius 3 is 1.57 bits per heavy atom. The summed E-state index contributed by atoms with van der Waals surface area (Å²) in [4.78, 5) is 27.7. The quantitative estimate of drug-likeness (QED) is 0.400. The summed E-state index contributed by atoms with van der Waals surface area (Å²) in [5, 5.41) is 9.24. The molecule has 3 aromatic carbocycles. The van der Waals surface area contributed by atoms with Gasteiger partial charge in [-0.15, -0.1) is 0 Å². The smallest absolute Gasteiger partial charge is 0.254 e. The first-order chi connectivity index (χ1) is 17.8. The molecule has 0 bridgehead atoms. The van der Waals surface area contributed by atoms with Gasteiger partial charge in [-0.3, -0.25) is 9.59 Å². The van der Waals surface area contributed by atoms with Crippen molar-refractivity contribution in [3.05, 3.63) is 106 Å². The van der Waals surface area contributed by atoms with E-state index in [9.17, 15) is 9.59 Å². The number of anilines is 2. The monoisotopic (exact) mass is 497 g/mol. The Hall–Kier alpha value is -4.52. The van der Waals surface area contributed by atoms with Crippen LogP contribution in [0.3, 0.4) is 0 Å². The van der Waals surface area contributed by atoms with Crippen LogP contribution in [0.5, 0.6) is 11.5 Å². The molecule has 1 aliphatic rings. The average molecular weight is 498 g/mol. The molecule has 3 N–H and O–H groups in total. The van der Waals surface area contributed by atoms with Crippen molar-refractivity contribution in [2.75, 3.05) is 24.9 Å². The van der Waals surface area contributed by atoms with E-state index in [1.54, 1.807) is 38.5 Å². The van der Waals surface area contributed by atoms with Gasteiger partial charge in [0.05, 0.1) is 25.6 Å². The maximum Gasteiger partial charge on any atom is 0.254 e. The van der Waals surface area contributed by atoms with Crippen molar-refractivity contribution in [2.24, 2.45) is 0 Å². The lowest BCUT2D eigenvalue weighted by atomic mass is 9.78. The van der Waals surface area contributed by atoms with Crippen molar-refractivity contribution in [3.8, 4) is 11.5 Å². The highest BCUT2D eigenvalue weighted by Gasteiger charge is 2.37. The second-order valence-electron chi connectivity index (χ2n) is 8.80. The molecule has 3 aromatic rings. The van der Waals surface area contributed by atoms with E-state index in [-0.39, 0.29) is 11.8 Å². The lowest BCUT2D eigenvalue weighted by Gasteiger charge is -2.32. The van der Waals surface area contributed by atoms with E-state index in [0.717, 1.165) is 11.1 Å². The molecular formula is C30H31N3O4. The van der Waals surface area contributed by atoms with Gasteiger partial charge in [0.25, 0.3) is 11.8 Å². The van der Waals surface area contributed by atoms with Gasteiger partial charge >= 0.3 is 0 Å². The largest absolute Gasteiger partial charge is 0.495 e. The molecule has 1 heterocycles. The number of ether oxygens (including phenoxy) is 2. The molecule has 7 nitrogen and oxygen atoms in total. The highest BCUT2D eigenvalue weighted by atomic mass is 16.5. The van der Waals surface area contributed by atoms with Gasteiger partial charge in [-0.2, -0.15) is 0 Å². The number of nitrogens with one attached hydrogen (secondary N) is 3. The summed E-state index contributed by atoms with van der Waals surface area (Å²) in [6.45, 7) is 5.68. The van der Waals surface area contributed by atoms with E-state index in [1.807, 2.05) is 69.3 Å². The van der Waals surface area contributed by atoms with E-state index in [0.29, 0.717) is 45.4 Å². The van der Waals surface area contributed by atoms with Crippen LogP contribution >= 0.6 is 0 Å². The van der Waals surface area contributed by atoms with Crippen LogP contribution in [0.4, 0.5) is 11.4 Å². The van der Waals surface area contributed by atoms with Gasteiger partial charge in [-0.25, -0.2) is 0 Å². The van der Waals surface area contributed by atoms with E-state index in [4.69, 9.17) is 9.47 Å². The normalized spacial score (nSPS) is 13.6. The SMILES string of the molecule is COc1ccccc1NC(=O)C1=C(C)NC(C)=C(C(=O)Nc2ccccc2OC)C1c1ccccc1C. The molecule has 0 saturated carbocycles. The Kier molecular flexibility index (Phi) is 7.63. The van der Waals surface area contributed by atoms with Gasteiger partial charge in [0.2, 0.25) is 0 Å². The van der Waals surface area contributed by atoms with E-state index >= 15 is 0 Å². The van der Waals surface area contributed by atoms with Crippen molar-refractivity contribution in [2.45, 2.75) is 26.7 Å². The first-order valence-electron chi connectivity index (χ1n) is 12.0. The van der Waals surface area contributed by atoms with Crippen molar-refractivity contribution in [1.29, 1.82) is 0 Å². The van der Waals surface area contributed by atoms with Crippen LogP contribution in [0.25, 0.3) is 0 Å². The van der Waals surface area contributed by atoms with E-state index < -0.39 is 5.92 Å². The molecule has 37 heavy (non-hydrogen) atoms. The minimum atomic E-state index is -0.605. The third kappa shape index (κ3) is 5.21. The molecular weight excluding hydrogens is 466 g/mol. The summed E-state index contributed by atoms with van der Waals surface area (Å²) in [7, 11) is 3.11. The predicted molar refractivity (Wildman–Crippen MR) is 146 cm³/mol. The number of carbonyl (C=O) groups is 2. The molecule has 0 saturated heterocycles. The molecule has 2 amide bonds. The van der Waals surface area contributed by atoms with Crippen LogP contribution in [0.1, 0.15) is 30.9 Å². The Bertz CT molecular complexity index is 1320. The fraction of sp³-hybridized carbons (Fsp3) is 0.200. The molecule has 4 rings (SSSR count). The number of hydrogen-bond acceptors (Lipinski definition) is 5. The molecule has 0 fully saturated rings. The second kappa shape index (κ2) is 11.0. The first kappa shape index (κ1) is 25.6. The van der Waals surface area contributed by atoms with E-state index in [2.05, 4.69) is 16.0 Å². The highest BCUT2D eigenvalue weighted by Crippen LogP contribution is 2.41. The van der Waals surface area contributed by atoms with Crippen LogP contribution in [0.15, 0.2) is 95.3 Å². The molecule has 7 heteroatoms. The third-order valence-electron chi connectivity index (χ3n) is 6.46. The Morgan fingerprint density at radius 2 is 1.11 bits per heavy atom. The fourth-order valence-electron chi connectivity index (χ4n) is 4.69. The number of aryl methyl sites for hydroxylation is 1. The fourth-order valence-corrected chi connectivity index (χ4v) is 4.69. The Balaban J connectivity index is 1.79. The van der Waals surface area contributed by atoms with Gasteiger partial charge in [0.1, 0.15) is 11.5 Å². The van der Waals surface area contributed by atoms with Crippen molar-refractivity contribution >= 4 is 23.2 Å². The zero-order valence-corrected chi connectivity index (χ0v) is 21.6. The Labute approximate surface area is 217 Å². The summed E-state index contributed by atoms with van der Waals surface area (Å²) in [6.07, 6.45) is 0. The molecule has 0 aromatic heterocycles. The van der Waals surface area contributed by atoms with Crippen LogP contribution in [0, 0.1) is 6.92 Å². The molecule has 0 atom stereocenters. The van der Waals surface area contributed by atoms with Crippen LogP contribution < -0.4 is 25.4 Å². The lowest BCUT2D eigenvalue weighted by Crippen LogP contribution is -2.35. The number of rotatable bonds is 7. The first-order valence-corrected chi connectivity index (χ1v) is 12.0. The summed E-state index contributed by atoms with van der Waals surface area (Å²) in [5.74, 6) is -0.153. The number of dihydropyridines is 1. The molecule has 190 valence electrons. The summed E-state index contributed by atoms with van der Waals surface area (Å²) in [5.41, 5.74) is 5.19. The summed E-state index contributed by atoms with van der Waals surface area (Å²) in [6, 6.07) is 22.2. The number of carbonyl (C=O) groups excluding carboxylic acids is 2. The number of amides is 2. The minimum Gasteiger partial charge on any atom is -0.495 e. The van der Waals surface area contributed by atoms with Gasteiger partial charge in [0, 0.05) is 28.5 Å². The zero-order chi connectivity index (χ0) is 26.5. The van der Waals surface area contributed by atoms with Gasteiger partial charge < -0.3 is 25.4 Å². The van der Waals surface area contributed by atoms with Crippen molar-refractivity contribution in [3.63, 3.8) is 0 Å². The number of benzene rings is 3. The molecule has 0 spiro atoms. The summed E-state index contributed by atoms with van der Waals surface area (Å²) >= 11 is 0. The van der Waals surface area contributed by atoms with Crippen molar-refractivity contribution in [1.82, 2.24) is 5.32 Å². The van der Waals surface area contributed by atoms with Crippen LogP contribution in [0.2, 0.25) is 0 Å². The topological polar surface area (TPSA) is 88.7 Å². The molecule has 1 aliphatic heterocycles. The predicted octanol–water partition coefficient (Wildman–Crippen LogP) is 5.52.